The summed E-state index contributed by atoms with van der Waals surface area (Å²) in [5, 5.41) is 8.76. The van der Waals surface area contributed by atoms with Crippen LogP contribution in [0.5, 0.6) is 5.75 Å². The van der Waals surface area contributed by atoms with Gasteiger partial charge in [-0.15, -0.1) is 0 Å². The number of hydrogen-bond donors (Lipinski definition) is 2. The van der Waals surface area contributed by atoms with Gasteiger partial charge >= 0.3 is 5.97 Å². The lowest BCUT2D eigenvalue weighted by molar-refractivity contribution is -0.137. The Kier molecular flexibility index (Phi) is 5.66. The number of carboxylic acid groups (broad SMARTS) is 1. The van der Waals surface area contributed by atoms with Crippen LogP contribution in [-0.4, -0.2) is 27.2 Å². The first-order valence-electron chi connectivity index (χ1n) is 9.91. The van der Waals surface area contributed by atoms with Gasteiger partial charge in [-0.3, -0.25) is 9.36 Å². The van der Waals surface area contributed by atoms with Crippen LogP contribution in [0.3, 0.4) is 0 Å². The zero-order chi connectivity index (χ0) is 20.9. The number of unbranched alkanes of at least 4 members (excludes halogenated alkanes) is 1. The van der Waals surface area contributed by atoms with Gasteiger partial charge in [0, 0.05) is 23.7 Å². The van der Waals surface area contributed by atoms with Gasteiger partial charge in [-0.1, -0.05) is 48.5 Å². The lowest BCUT2D eigenvalue weighted by Gasteiger charge is -2.12. The molecule has 0 radical (unpaired) electrons. The Labute approximate surface area is 174 Å². The lowest BCUT2D eigenvalue weighted by Crippen LogP contribution is -2.03. The number of rotatable bonds is 8. The number of para-hydroxylation sites is 1. The van der Waals surface area contributed by atoms with E-state index in [9.17, 15) is 4.79 Å². The smallest absolute Gasteiger partial charge is 0.303 e. The van der Waals surface area contributed by atoms with Crippen LogP contribution >= 0.6 is 0 Å². The fourth-order valence-electron chi connectivity index (χ4n) is 3.43. The normalized spacial score (nSPS) is 10.9. The van der Waals surface area contributed by atoms with E-state index in [-0.39, 0.29) is 6.42 Å². The second-order valence-electron chi connectivity index (χ2n) is 7.05. The molecule has 0 aliphatic heterocycles. The number of anilines is 1. The highest BCUT2D eigenvalue weighted by molar-refractivity contribution is 5.88. The molecular formula is C24H23N3O3. The third-order valence-electron chi connectivity index (χ3n) is 4.87. The summed E-state index contributed by atoms with van der Waals surface area (Å²) in [6.07, 6.45) is 1.35. The van der Waals surface area contributed by atoms with E-state index in [4.69, 9.17) is 20.6 Å². The van der Waals surface area contributed by atoms with Crippen LogP contribution in [0.1, 0.15) is 19.3 Å². The molecule has 0 bridgehead atoms. The maximum Gasteiger partial charge on any atom is 0.303 e. The van der Waals surface area contributed by atoms with E-state index in [2.05, 4.69) is 4.57 Å². The van der Waals surface area contributed by atoms with Crippen LogP contribution in [-0.2, 0) is 4.79 Å². The molecule has 3 aromatic carbocycles. The van der Waals surface area contributed by atoms with Crippen molar-refractivity contribution in [1.82, 2.24) is 9.55 Å². The molecule has 0 amide bonds. The summed E-state index contributed by atoms with van der Waals surface area (Å²) >= 11 is 0. The number of fused-ring (bicyclic) bond motifs is 1. The summed E-state index contributed by atoms with van der Waals surface area (Å²) in [5.41, 5.74) is 10.4. The van der Waals surface area contributed by atoms with E-state index < -0.39 is 5.97 Å². The average molecular weight is 401 g/mol. The molecule has 0 spiro atoms. The topological polar surface area (TPSA) is 90.4 Å². The van der Waals surface area contributed by atoms with E-state index in [0.717, 1.165) is 28.1 Å². The Bertz CT molecular complexity index is 1150. The first-order chi connectivity index (χ1) is 14.6. The van der Waals surface area contributed by atoms with E-state index in [0.29, 0.717) is 30.9 Å². The van der Waals surface area contributed by atoms with Gasteiger partial charge in [0.25, 0.3) is 0 Å². The standard InChI is InChI=1S/C24H23N3O3/c25-19-15-20-21(16-22(19)30-14-8-7-13-23(28)29)27(18-11-5-2-6-12-18)24(26-20)17-9-3-1-4-10-17/h1-6,9-12,15-16H,7-8,13-14,25H2,(H,28,29). The summed E-state index contributed by atoms with van der Waals surface area (Å²) in [6.45, 7) is 0.411. The number of carboxylic acids is 1. The summed E-state index contributed by atoms with van der Waals surface area (Å²) in [6, 6.07) is 23.8. The number of ether oxygens (including phenoxy) is 1. The van der Waals surface area contributed by atoms with Crippen LogP contribution in [0.4, 0.5) is 5.69 Å². The van der Waals surface area contributed by atoms with Crippen molar-refractivity contribution in [2.24, 2.45) is 0 Å². The van der Waals surface area contributed by atoms with Crippen LogP contribution in [0, 0.1) is 0 Å². The molecule has 1 heterocycles. The molecule has 30 heavy (non-hydrogen) atoms. The number of imidazole rings is 1. The molecule has 6 nitrogen and oxygen atoms in total. The molecule has 4 rings (SSSR count). The fraction of sp³-hybridized carbons (Fsp3) is 0.167. The molecule has 6 heteroatoms. The van der Waals surface area contributed by atoms with Crippen molar-refractivity contribution in [1.29, 1.82) is 0 Å². The Morgan fingerprint density at radius 2 is 1.70 bits per heavy atom. The number of carbonyl (C=O) groups is 1. The maximum atomic E-state index is 10.7. The van der Waals surface area contributed by atoms with Crippen molar-refractivity contribution in [3.63, 3.8) is 0 Å². The molecule has 0 unspecified atom stereocenters. The van der Waals surface area contributed by atoms with Gasteiger partial charge in [0.15, 0.2) is 0 Å². The molecule has 0 atom stereocenters. The summed E-state index contributed by atoms with van der Waals surface area (Å²) < 4.78 is 7.97. The highest BCUT2D eigenvalue weighted by atomic mass is 16.5. The van der Waals surface area contributed by atoms with Crippen LogP contribution < -0.4 is 10.5 Å². The van der Waals surface area contributed by atoms with Crippen molar-refractivity contribution < 1.29 is 14.6 Å². The number of hydrogen-bond acceptors (Lipinski definition) is 4. The monoisotopic (exact) mass is 401 g/mol. The van der Waals surface area contributed by atoms with Gasteiger partial charge in [-0.2, -0.15) is 0 Å². The minimum atomic E-state index is -0.795. The van der Waals surface area contributed by atoms with Gasteiger partial charge in [-0.05, 0) is 31.0 Å². The molecule has 0 fully saturated rings. The highest BCUT2D eigenvalue weighted by Gasteiger charge is 2.16. The fourth-order valence-corrected chi connectivity index (χ4v) is 3.43. The molecular weight excluding hydrogens is 378 g/mol. The highest BCUT2D eigenvalue weighted by Crippen LogP contribution is 2.34. The van der Waals surface area contributed by atoms with Gasteiger partial charge in [0.2, 0.25) is 0 Å². The molecule has 152 valence electrons. The molecule has 0 saturated carbocycles. The maximum absolute atomic E-state index is 10.7. The minimum Gasteiger partial charge on any atom is -0.491 e. The van der Waals surface area contributed by atoms with E-state index in [1.54, 1.807) is 0 Å². The van der Waals surface area contributed by atoms with E-state index in [1.165, 1.54) is 0 Å². The van der Waals surface area contributed by atoms with Gasteiger partial charge < -0.3 is 15.6 Å². The molecule has 3 N–H and O–H groups in total. The SMILES string of the molecule is Nc1cc2nc(-c3ccccc3)n(-c3ccccc3)c2cc1OCCCCC(=O)O. The second kappa shape index (κ2) is 8.69. The predicted molar refractivity (Wildman–Crippen MR) is 118 cm³/mol. The zero-order valence-corrected chi connectivity index (χ0v) is 16.5. The first-order valence-corrected chi connectivity index (χ1v) is 9.91. The molecule has 0 aliphatic rings. The zero-order valence-electron chi connectivity index (χ0n) is 16.5. The summed E-state index contributed by atoms with van der Waals surface area (Å²) in [7, 11) is 0. The average Bonchev–Trinajstić information content (AvgIpc) is 3.12. The van der Waals surface area contributed by atoms with Crippen molar-refractivity contribution >= 4 is 22.7 Å². The minimum absolute atomic E-state index is 0.138. The Morgan fingerprint density at radius 1 is 1.00 bits per heavy atom. The lowest BCUT2D eigenvalue weighted by atomic mass is 10.2. The number of nitrogen functional groups attached to an aromatic ring is 1. The van der Waals surface area contributed by atoms with Crippen molar-refractivity contribution in [2.45, 2.75) is 19.3 Å². The summed E-state index contributed by atoms with van der Waals surface area (Å²) in [4.78, 5) is 15.5. The molecule has 4 aromatic rings. The van der Waals surface area contributed by atoms with Crippen LogP contribution in [0.2, 0.25) is 0 Å². The van der Waals surface area contributed by atoms with Gasteiger partial charge in [0.05, 0.1) is 23.3 Å². The molecule has 1 aromatic heterocycles. The van der Waals surface area contributed by atoms with Crippen molar-refractivity contribution in [2.75, 3.05) is 12.3 Å². The Morgan fingerprint density at radius 3 is 2.40 bits per heavy atom. The summed E-state index contributed by atoms with van der Waals surface area (Å²) in [5.74, 6) is 0.612. The van der Waals surface area contributed by atoms with Crippen molar-refractivity contribution in [3.8, 4) is 22.8 Å². The van der Waals surface area contributed by atoms with Crippen LogP contribution in [0.15, 0.2) is 72.8 Å². The number of aliphatic carboxylic acids is 1. The largest absolute Gasteiger partial charge is 0.491 e. The van der Waals surface area contributed by atoms with Crippen LogP contribution in [0.25, 0.3) is 28.1 Å². The number of nitrogens with zero attached hydrogens (tertiary/aromatic N) is 2. The second-order valence-corrected chi connectivity index (χ2v) is 7.05. The van der Waals surface area contributed by atoms with Gasteiger partial charge in [-0.25, -0.2) is 4.98 Å². The number of nitrogens with two attached hydrogens (primary N) is 1. The quantitative estimate of drug-likeness (QED) is 0.323. The Balaban J connectivity index is 1.74. The third-order valence-corrected chi connectivity index (χ3v) is 4.87. The van der Waals surface area contributed by atoms with E-state index in [1.807, 2.05) is 72.8 Å². The Hall–Kier alpha value is -3.80. The molecule has 0 saturated heterocycles. The number of benzene rings is 3. The number of aromatic nitrogens is 2. The van der Waals surface area contributed by atoms with Gasteiger partial charge in [0.1, 0.15) is 11.6 Å². The predicted octanol–water partition coefficient (Wildman–Crippen LogP) is 4.91. The third kappa shape index (κ3) is 4.12. The van der Waals surface area contributed by atoms with Crippen molar-refractivity contribution in [3.05, 3.63) is 72.8 Å². The molecule has 0 aliphatic carbocycles. The van der Waals surface area contributed by atoms with E-state index >= 15 is 0 Å². The first kappa shape index (κ1) is 19.5.